The van der Waals surface area contributed by atoms with Gasteiger partial charge in [0.05, 0.1) is 18.4 Å². The summed E-state index contributed by atoms with van der Waals surface area (Å²) < 4.78 is 34.6. The summed E-state index contributed by atoms with van der Waals surface area (Å²) >= 11 is 6.14. The Morgan fingerprint density at radius 1 is 1.22 bits per heavy atom. The van der Waals surface area contributed by atoms with Crippen LogP contribution in [-0.2, 0) is 23.6 Å². The molecule has 0 aliphatic carbocycles. The summed E-state index contributed by atoms with van der Waals surface area (Å²) in [5, 5.41) is 7.17. The minimum Gasteiger partial charge on any atom is -0.467 e. The molecule has 0 bridgehead atoms. The number of hydrogen-bond donors (Lipinski definition) is 1. The van der Waals surface area contributed by atoms with Crippen LogP contribution in [0.1, 0.15) is 21.7 Å². The van der Waals surface area contributed by atoms with E-state index in [0.29, 0.717) is 23.9 Å². The Balaban J connectivity index is 1.49. The van der Waals surface area contributed by atoms with Crippen molar-refractivity contribution in [2.24, 2.45) is 7.05 Å². The van der Waals surface area contributed by atoms with Crippen LogP contribution < -0.4 is 10.2 Å². The number of nitrogens with one attached hydrogen (secondary N) is 1. The number of rotatable bonds is 6. The van der Waals surface area contributed by atoms with Crippen LogP contribution in [0.3, 0.4) is 0 Å². The lowest BCUT2D eigenvalue weighted by Gasteiger charge is -2.35. The molecule has 11 heteroatoms. The second-order valence-corrected chi connectivity index (χ2v) is 9.90. The van der Waals surface area contributed by atoms with Crippen LogP contribution in [0, 0.1) is 6.92 Å². The number of carbonyl (C=O) groups excluding carboxylic acids is 1. The maximum absolute atomic E-state index is 13.3. The third-order valence-electron chi connectivity index (χ3n) is 5.38. The molecule has 32 heavy (non-hydrogen) atoms. The molecule has 0 spiro atoms. The topological polar surface area (TPSA) is 101 Å². The molecule has 1 fully saturated rings. The molecule has 1 aliphatic heterocycles. The summed E-state index contributed by atoms with van der Waals surface area (Å²) in [5.41, 5.74) is 2.07. The Hall–Kier alpha value is -2.82. The van der Waals surface area contributed by atoms with Crippen LogP contribution in [0.15, 0.2) is 52.2 Å². The Morgan fingerprint density at radius 3 is 2.66 bits per heavy atom. The molecule has 1 aromatic carbocycles. The summed E-state index contributed by atoms with van der Waals surface area (Å²) in [5.74, 6) is 0.0420. The monoisotopic (exact) mass is 477 g/mol. The normalized spacial score (nSPS) is 15.2. The van der Waals surface area contributed by atoms with E-state index in [2.05, 4.69) is 15.3 Å². The molecule has 1 saturated heterocycles. The number of piperazine rings is 1. The molecular formula is C21H24ClN5O4S. The van der Waals surface area contributed by atoms with Crippen molar-refractivity contribution < 1.29 is 17.6 Å². The van der Waals surface area contributed by atoms with Gasteiger partial charge in [-0.3, -0.25) is 9.48 Å². The first kappa shape index (κ1) is 22.4. The van der Waals surface area contributed by atoms with Gasteiger partial charge in [0.2, 0.25) is 5.03 Å². The van der Waals surface area contributed by atoms with E-state index in [4.69, 9.17) is 16.0 Å². The quantitative estimate of drug-likeness (QED) is 0.585. The molecular weight excluding hydrogens is 454 g/mol. The second kappa shape index (κ2) is 8.97. The van der Waals surface area contributed by atoms with Crippen molar-refractivity contribution in [2.75, 3.05) is 31.1 Å². The van der Waals surface area contributed by atoms with Crippen molar-refractivity contribution in [2.45, 2.75) is 18.5 Å². The number of hydrogen-bond acceptors (Lipinski definition) is 6. The first-order valence-corrected chi connectivity index (χ1v) is 11.9. The van der Waals surface area contributed by atoms with Gasteiger partial charge < -0.3 is 14.6 Å². The molecule has 1 N–H and O–H groups in total. The number of aromatic nitrogens is 2. The Bertz CT molecular complexity index is 1220. The number of carbonyl (C=O) groups is 1. The van der Waals surface area contributed by atoms with Gasteiger partial charge in [-0.1, -0.05) is 17.7 Å². The molecule has 2 aromatic heterocycles. The van der Waals surface area contributed by atoms with Crippen LogP contribution in [0.25, 0.3) is 0 Å². The molecule has 0 unspecified atom stereocenters. The van der Waals surface area contributed by atoms with Gasteiger partial charge in [0.1, 0.15) is 5.76 Å². The lowest BCUT2D eigenvalue weighted by atomic mass is 10.1. The average Bonchev–Trinajstić information content (AvgIpc) is 3.44. The summed E-state index contributed by atoms with van der Waals surface area (Å²) in [7, 11) is -2.36. The van der Waals surface area contributed by atoms with Gasteiger partial charge in [0.15, 0.2) is 0 Å². The fourth-order valence-electron chi connectivity index (χ4n) is 3.71. The zero-order valence-corrected chi connectivity index (χ0v) is 19.4. The number of furan rings is 1. The molecule has 1 amide bonds. The highest BCUT2D eigenvalue weighted by atomic mass is 35.5. The smallest absolute Gasteiger partial charge is 0.263 e. The fourth-order valence-corrected chi connectivity index (χ4v) is 5.42. The summed E-state index contributed by atoms with van der Waals surface area (Å²) in [4.78, 5) is 14.8. The van der Waals surface area contributed by atoms with Gasteiger partial charge in [-0.25, -0.2) is 8.42 Å². The zero-order chi connectivity index (χ0) is 22.9. The standard InChI is InChI=1S/C21H24ClN5O4S/c1-15-5-6-16(22)12-19(15)26-7-9-27(10-8-26)32(29,30)21-18(14-25(2)24-21)20(28)23-13-17-4-3-11-31-17/h3-6,11-12,14H,7-10,13H2,1-2H3,(H,23,28). The summed E-state index contributed by atoms with van der Waals surface area (Å²) in [6.07, 6.45) is 2.92. The van der Waals surface area contributed by atoms with E-state index in [1.165, 1.54) is 21.4 Å². The van der Waals surface area contributed by atoms with Crippen molar-refractivity contribution in [1.82, 2.24) is 19.4 Å². The van der Waals surface area contributed by atoms with Crippen LogP contribution in [0.2, 0.25) is 5.02 Å². The molecule has 3 heterocycles. The molecule has 9 nitrogen and oxygen atoms in total. The van der Waals surface area contributed by atoms with Crippen molar-refractivity contribution in [1.29, 1.82) is 0 Å². The summed E-state index contributed by atoms with van der Waals surface area (Å²) in [6.45, 7) is 3.71. The first-order chi connectivity index (χ1) is 15.3. The molecule has 0 atom stereocenters. The third kappa shape index (κ3) is 4.52. The van der Waals surface area contributed by atoms with E-state index in [1.54, 1.807) is 19.2 Å². The number of amides is 1. The number of anilines is 1. The molecule has 4 rings (SSSR count). The molecule has 170 valence electrons. The van der Waals surface area contributed by atoms with E-state index >= 15 is 0 Å². The predicted molar refractivity (Wildman–Crippen MR) is 120 cm³/mol. The molecule has 3 aromatic rings. The number of benzene rings is 1. The van der Waals surface area contributed by atoms with E-state index in [9.17, 15) is 13.2 Å². The highest BCUT2D eigenvalue weighted by Crippen LogP contribution is 2.27. The van der Waals surface area contributed by atoms with Gasteiger partial charge in [-0.05, 0) is 36.8 Å². The highest BCUT2D eigenvalue weighted by molar-refractivity contribution is 7.89. The number of sulfonamides is 1. The van der Waals surface area contributed by atoms with E-state index < -0.39 is 15.9 Å². The maximum Gasteiger partial charge on any atom is 0.263 e. The van der Waals surface area contributed by atoms with E-state index in [-0.39, 0.29) is 30.2 Å². The largest absolute Gasteiger partial charge is 0.467 e. The lowest BCUT2D eigenvalue weighted by molar-refractivity contribution is 0.0944. The Kier molecular flexibility index (Phi) is 6.27. The van der Waals surface area contributed by atoms with E-state index in [1.807, 2.05) is 25.1 Å². The Morgan fingerprint density at radius 2 is 1.97 bits per heavy atom. The third-order valence-corrected chi connectivity index (χ3v) is 7.45. The first-order valence-electron chi connectivity index (χ1n) is 10.1. The molecule has 0 saturated carbocycles. The minimum atomic E-state index is -3.95. The van der Waals surface area contributed by atoms with Gasteiger partial charge in [0, 0.05) is 50.1 Å². The number of nitrogens with zero attached hydrogens (tertiary/aromatic N) is 4. The van der Waals surface area contributed by atoms with Crippen molar-refractivity contribution in [3.05, 3.63) is 64.7 Å². The summed E-state index contributed by atoms with van der Waals surface area (Å²) in [6, 6.07) is 9.11. The Labute approximate surface area is 191 Å². The molecule has 1 aliphatic rings. The number of halogens is 1. The highest BCUT2D eigenvalue weighted by Gasteiger charge is 2.34. The predicted octanol–water partition coefficient (Wildman–Crippen LogP) is 2.42. The van der Waals surface area contributed by atoms with Crippen molar-refractivity contribution >= 4 is 33.2 Å². The van der Waals surface area contributed by atoms with Crippen molar-refractivity contribution in [3.8, 4) is 0 Å². The van der Waals surface area contributed by atoms with Crippen LogP contribution in [0.5, 0.6) is 0 Å². The van der Waals surface area contributed by atoms with Crippen molar-refractivity contribution in [3.63, 3.8) is 0 Å². The van der Waals surface area contributed by atoms with Crippen LogP contribution >= 0.6 is 11.6 Å². The maximum atomic E-state index is 13.3. The average molecular weight is 478 g/mol. The van der Waals surface area contributed by atoms with Crippen LogP contribution in [-0.4, -0.2) is 54.6 Å². The molecule has 0 radical (unpaired) electrons. The van der Waals surface area contributed by atoms with Gasteiger partial charge in [0.25, 0.3) is 15.9 Å². The lowest BCUT2D eigenvalue weighted by Crippen LogP contribution is -2.49. The second-order valence-electron chi connectivity index (χ2n) is 7.61. The zero-order valence-electron chi connectivity index (χ0n) is 17.8. The SMILES string of the molecule is Cc1ccc(Cl)cc1N1CCN(S(=O)(=O)c2nn(C)cc2C(=O)NCc2ccco2)CC1. The van der Waals surface area contributed by atoms with E-state index in [0.717, 1.165) is 11.3 Å². The van der Waals surface area contributed by atoms with Gasteiger partial charge in [-0.2, -0.15) is 9.40 Å². The van der Waals surface area contributed by atoms with Crippen LogP contribution in [0.4, 0.5) is 5.69 Å². The van der Waals surface area contributed by atoms with Gasteiger partial charge in [-0.15, -0.1) is 0 Å². The minimum absolute atomic E-state index is 0.00664. The number of aryl methyl sites for hydroxylation is 2. The van der Waals surface area contributed by atoms with Gasteiger partial charge >= 0.3 is 0 Å². The fraction of sp³-hybridized carbons (Fsp3) is 0.333.